The summed E-state index contributed by atoms with van der Waals surface area (Å²) in [6, 6.07) is 1.04. The third kappa shape index (κ3) is 2.30. The van der Waals surface area contributed by atoms with Gasteiger partial charge in [0.1, 0.15) is 6.33 Å². The van der Waals surface area contributed by atoms with Crippen LogP contribution in [0.4, 0.5) is 0 Å². The number of rotatable bonds is 2. The Kier molecular flexibility index (Phi) is 3.64. The molecule has 18 heavy (non-hydrogen) atoms. The number of aromatic nitrogens is 3. The van der Waals surface area contributed by atoms with Crippen LogP contribution in [-0.4, -0.2) is 21.3 Å². The first-order valence-electron chi connectivity index (χ1n) is 7.49. The second kappa shape index (κ2) is 5.39. The highest BCUT2D eigenvalue weighted by Gasteiger charge is 2.29. The van der Waals surface area contributed by atoms with Crippen molar-refractivity contribution in [3.63, 3.8) is 0 Å². The molecule has 100 valence electrons. The monoisotopic (exact) mass is 248 g/mol. The lowest BCUT2D eigenvalue weighted by Crippen LogP contribution is -2.35. The topological polar surface area (TPSA) is 42.7 Å². The SMILES string of the molecule is CC1CCCNC1c1nncn1C1CCCCC1. The molecule has 0 bridgehead atoms. The van der Waals surface area contributed by atoms with Crippen molar-refractivity contribution in [1.29, 1.82) is 0 Å². The van der Waals surface area contributed by atoms with Gasteiger partial charge in [-0.15, -0.1) is 10.2 Å². The van der Waals surface area contributed by atoms with Gasteiger partial charge in [-0.2, -0.15) is 0 Å². The van der Waals surface area contributed by atoms with Gasteiger partial charge >= 0.3 is 0 Å². The summed E-state index contributed by atoms with van der Waals surface area (Å²) in [7, 11) is 0. The van der Waals surface area contributed by atoms with Gasteiger partial charge in [-0.25, -0.2) is 0 Å². The summed E-state index contributed by atoms with van der Waals surface area (Å²) in [4.78, 5) is 0. The fourth-order valence-electron chi connectivity index (χ4n) is 3.51. The first kappa shape index (κ1) is 12.2. The molecule has 1 aromatic rings. The highest BCUT2D eigenvalue weighted by atomic mass is 15.3. The lowest BCUT2D eigenvalue weighted by molar-refractivity contribution is 0.269. The quantitative estimate of drug-likeness (QED) is 0.875. The summed E-state index contributed by atoms with van der Waals surface area (Å²) < 4.78 is 2.36. The molecule has 1 aliphatic carbocycles. The highest BCUT2D eigenvalue weighted by Crippen LogP contribution is 2.33. The molecule has 1 saturated carbocycles. The van der Waals surface area contributed by atoms with E-state index in [-0.39, 0.29) is 0 Å². The molecule has 1 saturated heterocycles. The lowest BCUT2D eigenvalue weighted by atomic mass is 9.91. The van der Waals surface area contributed by atoms with Crippen molar-refractivity contribution in [3.05, 3.63) is 12.2 Å². The van der Waals surface area contributed by atoms with Gasteiger partial charge in [0.05, 0.1) is 6.04 Å². The van der Waals surface area contributed by atoms with E-state index in [0.29, 0.717) is 18.0 Å². The van der Waals surface area contributed by atoms with E-state index in [0.717, 1.165) is 6.54 Å². The molecule has 0 radical (unpaired) electrons. The molecule has 1 N–H and O–H groups in total. The number of hydrogen-bond donors (Lipinski definition) is 1. The van der Waals surface area contributed by atoms with Crippen molar-refractivity contribution in [1.82, 2.24) is 20.1 Å². The molecule has 4 heteroatoms. The van der Waals surface area contributed by atoms with Gasteiger partial charge in [0, 0.05) is 6.04 Å². The van der Waals surface area contributed by atoms with Gasteiger partial charge in [-0.05, 0) is 38.1 Å². The predicted molar refractivity (Wildman–Crippen MR) is 71.3 cm³/mol. The smallest absolute Gasteiger partial charge is 0.150 e. The zero-order valence-electron chi connectivity index (χ0n) is 11.3. The highest BCUT2D eigenvalue weighted by molar-refractivity contribution is 5.01. The number of piperidine rings is 1. The number of nitrogens with one attached hydrogen (secondary N) is 1. The third-order valence-corrected chi connectivity index (χ3v) is 4.62. The van der Waals surface area contributed by atoms with Crippen molar-refractivity contribution in [2.24, 2.45) is 5.92 Å². The maximum Gasteiger partial charge on any atom is 0.150 e. The standard InChI is InChI=1S/C14H24N4/c1-11-6-5-9-15-13(11)14-17-16-10-18(14)12-7-3-2-4-8-12/h10-13,15H,2-9H2,1H3. The maximum atomic E-state index is 4.42. The molecule has 2 aliphatic rings. The Morgan fingerprint density at radius 2 is 2.00 bits per heavy atom. The van der Waals surface area contributed by atoms with E-state index in [9.17, 15) is 0 Å². The molecule has 1 aliphatic heterocycles. The molecule has 2 heterocycles. The van der Waals surface area contributed by atoms with Gasteiger partial charge in [0.2, 0.25) is 0 Å². The van der Waals surface area contributed by atoms with Gasteiger partial charge in [0.15, 0.2) is 5.82 Å². The van der Waals surface area contributed by atoms with Crippen LogP contribution in [-0.2, 0) is 0 Å². The molecule has 4 nitrogen and oxygen atoms in total. The fraction of sp³-hybridized carbons (Fsp3) is 0.857. The average molecular weight is 248 g/mol. The molecule has 0 spiro atoms. The third-order valence-electron chi connectivity index (χ3n) is 4.62. The molecule has 2 atom stereocenters. The lowest BCUT2D eigenvalue weighted by Gasteiger charge is -2.32. The normalized spacial score (nSPS) is 30.5. The van der Waals surface area contributed by atoms with Gasteiger partial charge in [-0.1, -0.05) is 26.2 Å². The van der Waals surface area contributed by atoms with Crippen molar-refractivity contribution in [2.75, 3.05) is 6.54 Å². The van der Waals surface area contributed by atoms with Crippen LogP contribution in [0.1, 0.15) is 69.8 Å². The van der Waals surface area contributed by atoms with E-state index in [2.05, 4.69) is 27.0 Å². The Labute approximate surface area is 109 Å². The van der Waals surface area contributed by atoms with E-state index in [1.54, 1.807) is 0 Å². The van der Waals surface area contributed by atoms with Crippen molar-refractivity contribution in [2.45, 2.75) is 64.0 Å². The summed E-state index contributed by atoms with van der Waals surface area (Å²) >= 11 is 0. The molecule has 3 rings (SSSR count). The summed E-state index contributed by atoms with van der Waals surface area (Å²) in [6.45, 7) is 3.45. The molecule has 0 amide bonds. The maximum absolute atomic E-state index is 4.42. The van der Waals surface area contributed by atoms with Crippen LogP contribution >= 0.6 is 0 Å². The summed E-state index contributed by atoms with van der Waals surface area (Å²) in [5.41, 5.74) is 0. The van der Waals surface area contributed by atoms with E-state index in [1.165, 1.54) is 50.8 Å². The molecular formula is C14H24N4. The summed E-state index contributed by atoms with van der Waals surface area (Å²) in [5.74, 6) is 1.85. The molecule has 1 aromatic heterocycles. The second-order valence-electron chi connectivity index (χ2n) is 5.94. The predicted octanol–water partition coefficient (Wildman–Crippen LogP) is 2.84. The molecule has 2 unspecified atom stereocenters. The fourth-order valence-corrected chi connectivity index (χ4v) is 3.51. The summed E-state index contributed by atoms with van der Waals surface area (Å²) in [6.07, 6.45) is 11.2. The first-order chi connectivity index (χ1) is 8.86. The van der Waals surface area contributed by atoms with Crippen LogP contribution in [0.15, 0.2) is 6.33 Å². The van der Waals surface area contributed by atoms with Crippen LogP contribution in [0.5, 0.6) is 0 Å². The van der Waals surface area contributed by atoms with Gasteiger partial charge < -0.3 is 9.88 Å². The summed E-state index contributed by atoms with van der Waals surface area (Å²) in [5, 5.41) is 12.2. The van der Waals surface area contributed by atoms with Gasteiger partial charge in [0.25, 0.3) is 0 Å². The molecule has 2 fully saturated rings. The van der Waals surface area contributed by atoms with E-state index < -0.39 is 0 Å². The van der Waals surface area contributed by atoms with Crippen LogP contribution < -0.4 is 5.32 Å². The minimum Gasteiger partial charge on any atom is -0.313 e. The van der Waals surface area contributed by atoms with E-state index in [1.807, 2.05) is 6.33 Å². The van der Waals surface area contributed by atoms with Crippen LogP contribution in [0.3, 0.4) is 0 Å². The Hall–Kier alpha value is -0.900. The number of nitrogens with zero attached hydrogens (tertiary/aromatic N) is 3. The Balaban J connectivity index is 1.81. The molecular weight excluding hydrogens is 224 g/mol. The largest absolute Gasteiger partial charge is 0.313 e. The van der Waals surface area contributed by atoms with E-state index in [4.69, 9.17) is 0 Å². The van der Waals surface area contributed by atoms with Gasteiger partial charge in [-0.3, -0.25) is 0 Å². The Bertz CT molecular complexity index is 381. The minimum atomic E-state index is 0.406. The zero-order chi connectivity index (χ0) is 12.4. The molecule has 0 aromatic carbocycles. The van der Waals surface area contributed by atoms with Crippen LogP contribution in [0.2, 0.25) is 0 Å². The van der Waals surface area contributed by atoms with Crippen molar-refractivity contribution < 1.29 is 0 Å². The second-order valence-corrected chi connectivity index (χ2v) is 5.94. The van der Waals surface area contributed by atoms with Crippen molar-refractivity contribution >= 4 is 0 Å². The zero-order valence-corrected chi connectivity index (χ0v) is 11.3. The van der Waals surface area contributed by atoms with Crippen LogP contribution in [0.25, 0.3) is 0 Å². The minimum absolute atomic E-state index is 0.406. The van der Waals surface area contributed by atoms with E-state index >= 15 is 0 Å². The Morgan fingerprint density at radius 3 is 2.78 bits per heavy atom. The van der Waals surface area contributed by atoms with Crippen LogP contribution in [0, 0.1) is 5.92 Å². The van der Waals surface area contributed by atoms with Crippen molar-refractivity contribution in [3.8, 4) is 0 Å². The number of hydrogen-bond acceptors (Lipinski definition) is 3. The Morgan fingerprint density at radius 1 is 1.17 bits per heavy atom. The first-order valence-corrected chi connectivity index (χ1v) is 7.49. The average Bonchev–Trinajstić information content (AvgIpc) is 2.89.